The monoisotopic (exact) mass is 477 g/mol. The van der Waals surface area contributed by atoms with E-state index < -0.39 is 5.76 Å². The minimum Gasteiger partial charge on any atom is -0.378 e. The molecule has 168 valence electrons. The summed E-state index contributed by atoms with van der Waals surface area (Å²) in [6, 6.07) is 16.1. The molecule has 1 amide bonds. The number of aromatic nitrogens is 3. The number of anilines is 2. The van der Waals surface area contributed by atoms with Crippen LogP contribution in [0.5, 0.6) is 0 Å². The van der Waals surface area contributed by atoms with Crippen molar-refractivity contribution in [3.05, 3.63) is 54.6 Å². The van der Waals surface area contributed by atoms with E-state index in [1.807, 2.05) is 34.9 Å². The Bertz CT molecular complexity index is 1030. The average Bonchev–Trinajstić information content (AvgIpc) is 3.24. The van der Waals surface area contributed by atoms with Gasteiger partial charge in [-0.25, -0.2) is 0 Å². The fourth-order valence-corrected chi connectivity index (χ4v) is 4.42. The number of nitrogens with one attached hydrogen (secondary N) is 1. The minimum atomic E-state index is -2.48. The van der Waals surface area contributed by atoms with E-state index in [0.717, 1.165) is 24.7 Å². The Morgan fingerprint density at radius 2 is 1.78 bits per heavy atom. The second kappa shape index (κ2) is 10.8. The van der Waals surface area contributed by atoms with Gasteiger partial charge in [-0.05, 0) is 36.4 Å². The van der Waals surface area contributed by atoms with Crippen molar-refractivity contribution in [2.45, 2.75) is 15.8 Å². The Hall–Kier alpha value is -2.63. The highest BCUT2D eigenvalue weighted by atomic mass is 32.2. The van der Waals surface area contributed by atoms with Gasteiger partial charge in [-0.3, -0.25) is 9.36 Å². The lowest BCUT2D eigenvalue weighted by atomic mass is 10.3. The van der Waals surface area contributed by atoms with Crippen molar-refractivity contribution < 1.29 is 18.3 Å². The van der Waals surface area contributed by atoms with Gasteiger partial charge in [0, 0.05) is 23.7 Å². The highest BCUT2D eigenvalue weighted by Crippen LogP contribution is 2.28. The van der Waals surface area contributed by atoms with Crippen LogP contribution in [0, 0.1) is 0 Å². The Morgan fingerprint density at radius 1 is 1.06 bits per heavy atom. The molecule has 4 rings (SSSR count). The number of carbonyl (C=O) groups is 1. The summed E-state index contributed by atoms with van der Waals surface area (Å²) in [5.41, 5.74) is 1.46. The van der Waals surface area contributed by atoms with Crippen LogP contribution in [0.15, 0.2) is 64.6 Å². The summed E-state index contributed by atoms with van der Waals surface area (Å²) in [5.74, 6) is -1.85. The molecule has 1 aliphatic heterocycles. The number of morpholine rings is 1. The lowest BCUT2D eigenvalue weighted by molar-refractivity contribution is -0.113. The minimum absolute atomic E-state index is 0.127. The van der Waals surface area contributed by atoms with Gasteiger partial charge in [0.15, 0.2) is 5.16 Å². The molecule has 0 unspecified atom stereocenters. The molecular formula is C21H21F2N5O2S2. The van der Waals surface area contributed by atoms with E-state index in [4.69, 9.17) is 4.74 Å². The Kier molecular flexibility index (Phi) is 7.61. The number of benzene rings is 2. The zero-order chi connectivity index (χ0) is 22.3. The Labute approximate surface area is 192 Å². The van der Waals surface area contributed by atoms with Gasteiger partial charge in [0.2, 0.25) is 11.9 Å². The zero-order valence-electron chi connectivity index (χ0n) is 17.0. The Morgan fingerprint density at radius 3 is 2.47 bits per heavy atom. The van der Waals surface area contributed by atoms with Crippen LogP contribution in [-0.4, -0.2) is 58.5 Å². The Balaban J connectivity index is 1.44. The zero-order valence-corrected chi connectivity index (χ0v) is 18.6. The van der Waals surface area contributed by atoms with Gasteiger partial charge in [-0.2, -0.15) is 8.78 Å². The maximum atomic E-state index is 12.5. The summed E-state index contributed by atoms with van der Waals surface area (Å²) in [5, 5.41) is 12.1. The summed E-state index contributed by atoms with van der Waals surface area (Å²) in [6.45, 7) is 2.69. The number of rotatable bonds is 8. The van der Waals surface area contributed by atoms with E-state index in [1.54, 1.807) is 24.3 Å². The van der Waals surface area contributed by atoms with E-state index in [2.05, 4.69) is 20.4 Å². The second-order valence-corrected chi connectivity index (χ2v) is 8.80. The molecule has 2 aromatic carbocycles. The first-order valence-electron chi connectivity index (χ1n) is 9.91. The van der Waals surface area contributed by atoms with Gasteiger partial charge >= 0.3 is 0 Å². The quantitative estimate of drug-likeness (QED) is 0.489. The SMILES string of the molecule is O=C(CSc1nnc(N2CCOCC2)n1-c1ccccc1)Nc1ccc(SC(F)F)cc1. The molecule has 3 aromatic rings. The number of alkyl halides is 2. The molecule has 1 saturated heterocycles. The number of para-hydroxylation sites is 1. The third kappa shape index (κ3) is 5.78. The number of ether oxygens (including phenoxy) is 1. The molecule has 0 atom stereocenters. The molecule has 0 radical (unpaired) electrons. The van der Waals surface area contributed by atoms with Gasteiger partial charge < -0.3 is 15.0 Å². The summed E-state index contributed by atoms with van der Waals surface area (Å²) in [6.07, 6.45) is 0. The highest BCUT2D eigenvalue weighted by Gasteiger charge is 2.22. The molecule has 1 aliphatic rings. The fraction of sp³-hybridized carbons (Fsp3) is 0.286. The summed E-state index contributed by atoms with van der Waals surface area (Å²) >= 11 is 1.75. The van der Waals surface area contributed by atoms with Crippen molar-refractivity contribution in [2.24, 2.45) is 0 Å². The number of halogens is 2. The first-order chi connectivity index (χ1) is 15.6. The summed E-state index contributed by atoms with van der Waals surface area (Å²) < 4.78 is 32.3. The van der Waals surface area contributed by atoms with Crippen molar-refractivity contribution >= 4 is 41.1 Å². The van der Waals surface area contributed by atoms with E-state index in [-0.39, 0.29) is 11.7 Å². The van der Waals surface area contributed by atoms with Crippen LogP contribution in [-0.2, 0) is 9.53 Å². The van der Waals surface area contributed by atoms with Crippen LogP contribution in [0.2, 0.25) is 0 Å². The van der Waals surface area contributed by atoms with Crippen LogP contribution in [0.4, 0.5) is 20.4 Å². The second-order valence-electron chi connectivity index (χ2n) is 6.79. The number of carbonyl (C=O) groups excluding carboxylic acids is 1. The van der Waals surface area contributed by atoms with Gasteiger partial charge in [-0.15, -0.1) is 10.2 Å². The largest absolute Gasteiger partial charge is 0.378 e. The van der Waals surface area contributed by atoms with Gasteiger partial charge in [-0.1, -0.05) is 41.7 Å². The number of hydrogen-bond acceptors (Lipinski definition) is 7. The molecule has 0 bridgehead atoms. The van der Waals surface area contributed by atoms with Crippen LogP contribution in [0.3, 0.4) is 0 Å². The van der Waals surface area contributed by atoms with E-state index in [0.29, 0.717) is 40.7 Å². The normalized spacial score (nSPS) is 14.0. The average molecular weight is 478 g/mol. The number of amides is 1. The molecule has 1 fully saturated rings. The molecule has 0 spiro atoms. The van der Waals surface area contributed by atoms with Crippen molar-refractivity contribution in [3.63, 3.8) is 0 Å². The van der Waals surface area contributed by atoms with E-state index in [9.17, 15) is 13.6 Å². The van der Waals surface area contributed by atoms with Crippen LogP contribution in [0.25, 0.3) is 5.69 Å². The lowest BCUT2D eigenvalue weighted by Gasteiger charge is -2.27. The lowest BCUT2D eigenvalue weighted by Crippen LogP contribution is -2.37. The third-order valence-electron chi connectivity index (χ3n) is 4.62. The topological polar surface area (TPSA) is 72.3 Å². The smallest absolute Gasteiger partial charge is 0.288 e. The molecule has 32 heavy (non-hydrogen) atoms. The van der Waals surface area contributed by atoms with E-state index >= 15 is 0 Å². The summed E-state index contributed by atoms with van der Waals surface area (Å²) in [7, 11) is 0. The molecule has 2 heterocycles. The molecule has 11 heteroatoms. The van der Waals surface area contributed by atoms with Crippen molar-refractivity contribution in [3.8, 4) is 5.69 Å². The van der Waals surface area contributed by atoms with E-state index in [1.165, 1.54) is 11.8 Å². The maximum absolute atomic E-state index is 12.5. The predicted octanol–water partition coefficient (Wildman–Crippen LogP) is 4.15. The van der Waals surface area contributed by atoms with Crippen molar-refractivity contribution in [2.75, 3.05) is 42.3 Å². The first kappa shape index (κ1) is 22.6. The molecule has 7 nitrogen and oxygen atoms in total. The van der Waals surface area contributed by atoms with Crippen LogP contribution in [0.1, 0.15) is 0 Å². The number of nitrogens with zero attached hydrogens (tertiary/aromatic N) is 4. The van der Waals surface area contributed by atoms with Crippen LogP contribution < -0.4 is 10.2 Å². The van der Waals surface area contributed by atoms with Crippen molar-refractivity contribution in [1.82, 2.24) is 14.8 Å². The molecule has 0 aliphatic carbocycles. The maximum Gasteiger partial charge on any atom is 0.288 e. The molecule has 1 aromatic heterocycles. The molecule has 1 N–H and O–H groups in total. The van der Waals surface area contributed by atoms with Gasteiger partial charge in [0.05, 0.1) is 24.7 Å². The van der Waals surface area contributed by atoms with Crippen LogP contribution >= 0.6 is 23.5 Å². The number of hydrogen-bond donors (Lipinski definition) is 1. The van der Waals surface area contributed by atoms with Crippen molar-refractivity contribution in [1.29, 1.82) is 0 Å². The third-order valence-corrected chi connectivity index (χ3v) is 6.27. The van der Waals surface area contributed by atoms with Gasteiger partial charge in [0.25, 0.3) is 5.76 Å². The molecular weight excluding hydrogens is 456 g/mol. The first-order valence-corrected chi connectivity index (χ1v) is 11.8. The summed E-state index contributed by atoms with van der Waals surface area (Å²) in [4.78, 5) is 15.0. The fourth-order valence-electron chi connectivity index (χ4n) is 3.17. The predicted molar refractivity (Wildman–Crippen MR) is 122 cm³/mol. The van der Waals surface area contributed by atoms with Gasteiger partial charge in [0.1, 0.15) is 0 Å². The highest BCUT2D eigenvalue weighted by molar-refractivity contribution is 8.00. The number of thioether (sulfide) groups is 2. The molecule has 0 saturated carbocycles. The standard InChI is InChI=1S/C21H21F2N5O2S2/c22-19(23)32-17-8-6-15(7-9-17)24-18(29)14-31-21-26-25-20(27-10-12-30-13-11-27)28(21)16-4-2-1-3-5-16/h1-9,19H,10-14H2,(H,24,29).